The summed E-state index contributed by atoms with van der Waals surface area (Å²) in [6.07, 6.45) is 4.03. The molecule has 28 heavy (non-hydrogen) atoms. The first-order valence-corrected chi connectivity index (χ1v) is 9.83. The van der Waals surface area contributed by atoms with Gasteiger partial charge in [-0.3, -0.25) is 9.48 Å². The molecule has 0 spiro atoms. The Morgan fingerprint density at radius 1 is 1.18 bits per heavy atom. The summed E-state index contributed by atoms with van der Waals surface area (Å²) in [4.78, 5) is 15.0. The number of carbonyl (C=O) groups excluding carboxylic acids is 1. The number of nitrogens with zero attached hydrogens (tertiary/aromatic N) is 3. The van der Waals surface area contributed by atoms with E-state index >= 15 is 0 Å². The van der Waals surface area contributed by atoms with E-state index in [4.69, 9.17) is 0 Å². The van der Waals surface area contributed by atoms with E-state index in [1.54, 1.807) is 4.68 Å². The Hall–Kier alpha value is -3.08. The molecule has 5 heteroatoms. The number of carbonyl (C=O) groups is 1. The van der Waals surface area contributed by atoms with E-state index in [-0.39, 0.29) is 5.91 Å². The number of hydrogen-bond donors (Lipinski definition) is 1. The predicted molar refractivity (Wildman–Crippen MR) is 113 cm³/mol. The molecule has 0 radical (unpaired) electrons. The molecule has 1 N–H and O–H groups in total. The SMILES string of the molecule is Cc1nn(C)cc1-c1cccc(C(=O)NCCCN2CCc3ccccc32)c1. The van der Waals surface area contributed by atoms with E-state index in [1.165, 1.54) is 11.3 Å². The molecule has 4 rings (SSSR count). The van der Waals surface area contributed by atoms with Crippen LogP contribution in [-0.2, 0) is 13.5 Å². The van der Waals surface area contributed by atoms with Crippen LogP contribution in [0.15, 0.2) is 54.7 Å². The minimum Gasteiger partial charge on any atom is -0.371 e. The Morgan fingerprint density at radius 2 is 2.04 bits per heavy atom. The zero-order chi connectivity index (χ0) is 19.5. The molecule has 5 nitrogen and oxygen atoms in total. The number of nitrogens with one attached hydrogen (secondary N) is 1. The zero-order valence-corrected chi connectivity index (χ0v) is 16.5. The lowest BCUT2D eigenvalue weighted by atomic mass is 10.0. The summed E-state index contributed by atoms with van der Waals surface area (Å²) in [5.74, 6) is -0.0229. The van der Waals surface area contributed by atoms with Crippen molar-refractivity contribution in [3.05, 3.63) is 71.5 Å². The highest BCUT2D eigenvalue weighted by atomic mass is 16.1. The van der Waals surface area contributed by atoms with Crippen LogP contribution in [0.25, 0.3) is 11.1 Å². The molecule has 1 aromatic heterocycles. The number of para-hydroxylation sites is 1. The Morgan fingerprint density at radius 3 is 2.86 bits per heavy atom. The van der Waals surface area contributed by atoms with Crippen molar-refractivity contribution in [2.24, 2.45) is 7.05 Å². The van der Waals surface area contributed by atoms with Gasteiger partial charge in [-0.05, 0) is 49.1 Å². The maximum Gasteiger partial charge on any atom is 0.251 e. The summed E-state index contributed by atoms with van der Waals surface area (Å²) in [6.45, 7) is 4.69. The molecule has 1 amide bonds. The lowest BCUT2D eigenvalue weighted by molar-refractivity contribution is 0.0953. The number of rotatable bonds is 6. The lowest BCUT2D eigenvalue weighted by Gasteiger charge is -2.19. The quantitative estimate of drug-likeness (QED) is 0.671. The van der Waals surface area contributed by atoms with E-state index in [2.05, 4.69) is 39.6 Å². The lowest BCUT2D eigenvalue weighted by Crippen LogP contribution is -2.29. The number of benzene rings is 2. The molecular formula is C23H26N4O. The van der Waals surface area contributed by atoms with Gasteiger partial charge in [0.1, 0.15) is 0 Å². The van der Waals surface area contributed by atoms with Crippen LogP contribution < -0.4 is 10.2 Å². The second kappa shape index (κ2) is 7.89. The van der Waals surface area contributed by atoms with Crippen LogP contribution in [-0.4, -0.2) is 35.3 Å². The molecule has 1 aliphatic rings. The number of aryl methyl sites for hydroxylation is 2. The molecular weight excluding hydrogens is 348 g/mol. The van der Waals surface area contributed by atoms with E-state index in [0.717, 1.165) is 42.8 Å². The molecule has 0 unspecified atom stereocenters. The van der Waals surface area contributed by atoms with Crippen molar-refractivity contribution in [1.82, 2.24) is 15.1 Å². The van der Waals surface area contributed by atoms with Crippen LogP contribution in [0.1, 0.15) is 28.0 Å². The van der Waals surface area contributed by atoms with Crippen molar-refractivity contribution in [1.29, 1.82) is 0 Å². The summed E-state index contributed by atoms with van der Waals surface area (Å²) >= 11 is 0. The summed E-state index contributed by atoms with van der Waals surface area (Å²) in [7, 11) is 1.91. The Labute approximate surface area is 166 Å². The fourth-order valence-electron chi connectivity index (χ4n) is 3.92. The van der Waals surface area contributed by atoms with E-state index < -0.39 is 0 Å². The first kappa shape index (κ1) is 18.3. The highest BCUT2D eigenvalue weighted by Crippen LogP contribution is 2.27. The van der Waals surface area contributed by atoms with Crippen molar-refractivity contribution < 1.29 is 4.79 Å². The molecule has 0 saturated heterocycles. The van der Waals surface area contributed by atoms with Gasteiger partial charge in [-0.25, -0.2) is 0 Å². The molecule has 0 fully saturated rings. The van der Waals surface area contributed by atoms with Gasteiger partial charge in [0.05, 0.1) is 5.69 Å². The zero-order valence-electron chi connectivity index (χ0n) is 16.5. The van der Waals surface area contributed by atoms with E-state index in [9.17, 15) is 4.79 Å². The summed E-state index contributed by atoms with van der Waals surface area (Å²) in [5.41, 5.74) is 6.50. The minimum absolute atomic E-state index is 0.0229. The predicted octanol–water partition coefficient (Wildman–Crippen LogP) is 3.58. The van der Waals surface area contributed by atoms with Crippen LogP contribution in [0.5, 0.6) is 0 Å². The molecule has 0 saturated carbocycles. The fraction of sp³-hybridized carbons (Fsp3) is 0.304. The van der Waals surface area contributed by atoms with Gasteiger partial charge < -0.3 is 10.2 Å². The molecule has 2 aromatic carbocycles. The smallest absolute Gasteiger partial charge is 0.251 e. The van der Waals surface area contributed by atoms with Crippen LogP contribution in [0.4, 0.5) is 5.69 Å². The first-order valence-electron chi connectivity index (χ1n) is 9.83. The fourth-order valence-corrected chi connectivity index (χ4v) is 3.92. The Bertz CT molecular complexity index is 992. The van der Waals surface area contributed by atoms with Gasteiger partial charge in [0.15, 0.2) is 0 Å². The van der Waals surface area contributed by atoms with Crippen LogP contribution in [0, 0.1) is 6.92 Å². The standard InChI is InChI=1S/C23H26N4O/c1-17-21(16-26(2)25-17)19-8-5-9-20(15-19)23(28)24-12-6-13-27-14-11-18-7-3-4-10-22(18)27/h3-5,7-10,15-16H,6,11-14H2,1-2H3,(H,24,28). The summed E-state index contributed by atoms with van der Waals surface area (Å²) in [6, 6.07) is 16.3. The van der Waals surface area contributed by atoms with Crippen LogP contribution in [0.3, 0.4) is 0 Å². The number of amides is 1. The molecule has 1 aliphatic heterocycles. The maximum absolute atomic E-state index is 12.6. The maximum atomic E-state index is 12.6. The van der Waals surface area contributed by atoms with Crippen molar-refractivity contribution in [3.63, 3.8) is 0 Å². The second-order valence-electron chi connectivity index (χ2n) is 7.36. The highest BCUT2D eigenvalue weighted by Gasteiger charge is 2.17. The Kier molecular flexibility index (Phi) is 5.15. The molecule has 0 aliphatic carbocycles. The number of anilines is 1. The summed E-state index contributed by atoms with van der Waals surface area (Å²) in [5, 5.41) is 7.45. The third-order valence-corrected chi connectivity index (χ3v) is 5.32. The molecule has 0 bridgehead atoms. The van der Waals surface area contributed by atoms with Crippen molar-refractivity contribution >= 4 is 11.6 Å². The van der Waals surface area contributed by atoms with Gasteiger partial charge in [0.25, 0.3) is 5.91 Å². The van der Waals surface area contributed by atoms with Gasteiger partial charge in [-0.15, -0.1) is 0 Å². The third-order valence-electron chi connectivity index (χ3n) is 5.32. The summed E-state index contributed by atoms with van der Waals surface area (Å²) < 4.78 is 1.80. The number of hydrogen-bond acceptors (Lipinski definition) is 3. The third kappa shape index (κ3) is 3.79. The van der Waals surface area contributed by atoms with Crippen molar-refractivity contribution in [3.8, 4) is 11.1 Å². The number of fused-ring (bicyclic) bond motifs is 1. The number of aromatic nitrogens is 2. The van der Waals surface area contributed by atoms with Gasteiger partial charge >= 0.3 is 0 Å². The van der Waals surface area contributed by atoms with E-state index in [1.807, 2.05) is 44.4 Å². The van der Waals surface area contributed by atoms with Crippen LogP contribution in [0.2, 0.25) is 0 Å². The minimum atomic E-state index is -0.0229. The first-order chi connectivity index (χ1) is 13.6. The largest absolute Gasteiger partial charge is 0.371 e. The monoisotopic (exact) mass is 374 g/mol. The molecule has 0 atom stereocenters. The van der Waals surface area contributed by atoms with Crippen molar-refractivity contribution in [2.75, 3.05) is 24.5 Å². The normalized spacial score (nSPS) is 12.9. The van der Waals surface area contributed by atoms with Crippen LogP contribution >= 0.6 is 0 Å². The van der Waals surface area contributed by atoms with Gasteiger partial charge in [-0.1, -0.05) is 30.3 Å². The van der Waals surface area contributed by atoms with E-state index in [0.29, 0.717) is 12.1 Å². The Balaban J connectivity index is 1.32. The topological polar surface area (TPSA) is 50.2 Å². The second-order valence-corrected chi connectivity index (χ2v) is 7.36. The average Bonchev–Trinajstić information content (AvgIpc) is 3.27. The molecule has 144 valence electrons. The molecule has 3 aromatic rings. The van der Waals surface area contributed by atoms with Gasteiger partial charge in [0.2, 0.25) is 0 Å². The van der Waals surface area contributed by atoms with Gasteiger partial charge in [-0.2, -0.15) is 5.10 Å². The average molecular weight is 374 g/mol. The van der Waals surface area contributed by atoms with Gasteiger partial charge in [0, 0.05) is 49.7 Å². The molecule has 2 heterocycles. The van der Waals surface area contributed by atoms with Crippen molar-refractivity contribution in [2.45, 2.75) is 19.8 Å². The highest BCUT2D eigenvalue weighted by molar-refractivity contribution is 5.95.